The van der Waals surface area contributed by atoms with Crippen molar-refractivity contribution in [2.45, 2.75) is 19.3 Å². The van der Waals surface area contributed by atoms with Gasteiger partial charge in [-0.3, -0.25) is 14.4 Å². The second-order valence-electron chi connectivity index (χ2n) is 7.85. The van der Waals surface area contributed by atoms with Crippen LogP contribution in [0.3, 0.4) is 0 Å². The summed E-state index contributed by atoms with van der Waals surface area (Å²) >= 11 is 0. The van der Waals surface area contributed by atoms with Gasteiger partial charge in [0.25, 0.3) is 0 Å². The maximum atomic E-state index is 11.1. The van der Waals surface area contributed by atoms with E-state index in [9.17, 15) is 19.2 Å². The minimum absolute atomic E-state index is 0.00379. The quantitative estimate of drug-likeness (QED) is 0.0403. The number of carboxylic acid groups (broad SMARTS) is 1. The fraction of sp³-hybridized carbons (Fsp3) is 0.840. The van der Waals surface area contributed by atoms with Crippen molar-refractivity contribution in [2.24, 2.45) is 5.73 Å². The third-order valence-corrected chi connectivity index (χ3v) is 4.24. The van der Waals surface area contributed by atoms with Crippen LogP contribution in [0.5, 0.6) is 0 Å². The predicted molar refractivity (Wildman–Crippen MR) is 145 cm³/mol. The molecule has 248 valence electrons. The number of aliphatic hydroxyl groups excluding tert-OH is 2. The zero-order valence-corrected chi connectivity index (χ0v) is 24.2. The van der Waals surface area contributed by atoms with Crippen LogP contribution in [0.4, 0.5) is 0 Å². The summed E-state index contributed by atoms with van der Waals surface area (Å²) in [6, 6.07) is 0. The summed E-state index contributed by atoms with van der Waals surface area (Å²) in [6.45, 7) is 5.53. The number of hydrogen-bond acceptors (Lipinski definition) is 15. The van der Waals surface area contributed by atoms with E-state index in [1.807, 2.05) is 0 Å². The number of rotatable bonds is 25. The molecule has 1 aliphatic heterocycles. The van der Waals surface area contributed by atoms with Crippen molar-refractivity contribution < 1.29 is 72.4 Å². The lowest BCUT2D eigenvalue weighted by atomic mass is 10.2. The highest BCUT2D eigenvalue weighted by atomic mass is 16.6. The molecule has 0 saturated carbocycles. The lowest BCUT2D eigenvalue weighted by Gasteiger charge is -2.07. The molecule has 0 bridgehead atoms. The average Bonchev–Trinajstić information content (AvgIpc) is 2.95. The molecule has 0 radical (unpaired) electrons. The average molecular weight is 617 g/mol. The van der Waals surface area contributed by atoms with Crippen LogP contribution in [0.15, 0.2) is 0 Å². The summed E-state index contributed by atoms with van der Waals surface area (Å²) in [4.78, 5) is 41.7. The number of amides is 1. The van der Waals surface area contributed by atoms with Crippen molar-refractivity contribution in [2.75, 3.05) is 119 Å². The fourth-order valence-corrected chi connectivity index (χ4v) is 2.45. The van der Waals surface area contributed by atoms with Crippen molar-refractivity contribution in [1.82, 2.24) is 5.32 Å². The van der Waals surface area contributed by atoms with Gasteiger partial charge in [-0.15, -0.1) is 0 Å². The van der Waals surface area contributed by atoms with Gasteiger partial charge in [-0.05, 0) is 6.42 Å². The molecule has 0 aromatic rings. The molecule has 0 unspecified atom stereocenters. The molecule has 0 spiro atoms. The number of nitrogens with two attached hydrogens (primary N) is 1. The van der Waals surface area contributed by atoms with Gasteiger partial charge in [-0.25, -0.2) is 4.79 Å². The maximum absolute atomic E-state index is 11.1. The highest BCUT2D eigenvalue weighted by molar-refractivity contribution is 5.87. The molecule has 1 aliphatic rings. The Morgan fingerprint density at radius 1 is 0.667 bits per heavy atom. The van der Waals surface area contributed by atoms with E-state index in [-0.39, 0.29) is 31.8 Å². The van der Waals surface area contributed by atoms with Crippen molar-refractivity contribution in [3.05, 3.63) is 0 Å². The highest BCUT2D eigenvalue weighted by Gasteiger charge is 2.16. The molecule has 1 saturated heterocycles. The topological polar surface area (TPSA) is 241 Å². The van der Waals surface area contributed by atoms with Crippen molar-refractivity contribution >= 4 is 23.8 Å². The molecule has 1 fully saturated rings. The number of aliphatic hydroxyl groups is 2. The van der Waals surface area contributed by atoms with Crippen LogP contribution < -0.4 is 11.1 Å². The normalized spacial score (nSPS) is 12.5. The van der Waals surface area contributed by atoms with Crippen LogP contribution in [-0.2, 0) is 57.1 Å². The summed E-state index contributed by atoms with van der Waals surface area (Å²) in [7, 11) is 0. The molecule has 42 heavy (non-hydrogen) atoms. The van der Waals surface area contributed by atoms with E-state index in [1.54, 1.807) is 0 Å². The van der Waals surface area contributed by atoms with Gasteiger partial charge in [0, 0.05) is 25.9 Å². The van der Waals surface area contributed by atoms with Gasteiger partial charge in [0.05, 0.1) is 92.5 Å². The van der Waals surface area contributed by atoms with E-state index < -0.39 is 18.5 Å². The summed E-state index contributed by atoms with van der Waals surface area (Å²) in [5.41, 5.74) is 5.21. The number of carbonyl (C=O) groups excluding carboxylic acids is 3. The molecule has 0 atom stereocenters. The summed E-state index contributed by atoms with van der Waals surface area (Å²) in [5, 5.41) is 27.6. The number of carboxylic acids is 1. The molecule has 6 N–H and O–H groups in total. The Morgan fingerprint density at radius 3 is 1.48 bits per heavy atom. The van der Waals surface area contributed by atoms with Crippen molar-refractivity contribution in [3.8, 4) is 0 Å². The second kappa shape index (κ2) is 34.9. The summed E-state index contributed by atoms with van der Waals surface area (Å²) < 4.78 is 39.4. The van der Waals surface area contributed by atoms with E-state index in [1.165, 1.54) is 0 Å². The summed E-state index contributed by atoms with van der Waals surface area (Å²) in [6.07, 6.45) is 1.44. The zero-order chi connectivity index (χ0) is 31.5. The van der Waals surface area contributed by atoms with Gasteiger partial charge in [-0.1, -0.05) is 0 Å². The predicted octanol–water partition coefficient (Wildman–Crippen LogP) is -2.53. The lowest BCUT2D eigenvalue weighted by molar-refractivity contribution is -0.163. The number of aliphatic carboxylic acids is 1. The van der Waals surface area contributed by atoms with Gasteiger partial charge >= 0.3 is 17.9 Å². The second-order valence-corrected chi connectivity index (χ2v) is 7.85. The number of esters is 2. The first-order chi connectivity index (χ1) is 20.4. The first-order valence-electron chi connectivity index (χ1n) is 13.5. The van der Waals surface area contributed by atoms with Gasteiger partial charge in [0.2, 0.25) is 5.91 Å². The Balaban J connectivity index is 0. The number of nitrogens with one attached hydrogen (secondary N) is 1. The van der Waals surface area contributed by atoms with Gasteiger partial charge in [0.1, 0.15) is 13.2 Å². The molecule has 1 heterocycles. The molecule has 17 heteroatoms. The molecule has 17 nitrogen and oxygen atoms in total. The molecular weight excluding hydrogens is 568 g/mol. The third-order valence-electron chi connectivity index (χ3n) is 4.24. The number of carbonyl (C=O) groups is 4. The van der Waals surface area contributed by atoms with Crippen LogP contribution in [0.2, 0.25) is 0 Å². The van der Waals surface area contributed by atoms with E-state index in [0.717, 1.165) is 0 Å². The number of ether oxygens (including phenoxy) is 8. The minimum Gasteiger partial charge on any atom is -0.480 e. The first-order valence-corrected chi connectivity index (χ1v) is 13.5. The van der Waals surface area contributed by atoms with Gasteiger partial charge in [-0.2, -0.15) is 0 Å². The SMILES string of the molecule is NCCOCCOCCOCCO.O=C(O)COCC(=O)NCCOCCOCCOCCO.O=C1CCCC(=O)O1. The number of hydrogen-bond donors (Lipinski definition) is 5. The molecule has 0 aromatic carbocycles. The van der Waals surface area contributed by atoms with Crippen LogP contribution >= 0.6 is 0 Å². The molecule has 0 aromatic heterocycles. The van der Waals surface area contributed by atoms with Crippen LogP contribution in [-0.4, -0.2) is 158 Å². The maximum Gasteiger partial charge on any atom is 0.329 e. The van der Waals surface area contributed by atoms with Gasteiger partial charge in [0.15, 0.2) is 0 Å². The third kappa shape index (κ3) is 37.7. The highest BCUT2D eigenvalue weighted by Crippen LogP contribution is 2.06. The van der Waals surface area contributed by atoms with Gasteiger partial charge < -0.3 is 64.3 Å². The monoisotopic (exact) mass is 616 g/mol. The lowest BCUT2D eigenvalue weighted by Crippen LogP contribution is -2.31. The van der Waals surface area contributed by atoms with Crippen LogP contribution in [0.25, 0.3) is 0 Å². The minimum atomic E-state index is -1.12. The first kappa shape index (κ1) is 41.8. The van der Waals surface area contributed by atoms with E-state index >= 15 is 0 Å². The van der Waals surface area contributed by atoms with E-state index in [0.29, 0.717) is 112 Å². The number of cyclic esters (lactones) is 2. The molecule has 0 aliphatic carbocycles. The van der Waals surface area contributed by atoms with Crippen LogP contribution in [0.1, 0.15) is 19.3 Å². The van der Waals surface area contributed by atoms with Crippen molar-refractivity contribution in [1.29, 1.82) is 0 Å². The Morgan fingerprint density at radius 2 is 1.10 bits per heavy atom. The molecule has 1 rings (SSSR count). The molecule has 1 amide bonds. The molecular formula is C25H48N2O15. The smallest absolute Gasteiger partial charge is 0.329 e. The standard InChI is InChI=1S/C12H23NO8.C8H19NO4.C5H6O3/c14-2-4-19-6-8-20-7-5-18-3-1-13-11(15)9-21-10-12(16)17;9-1-3-11-5-7-13-8-6-12-4-2-10;6-4-2-1-3-5(7)8-4/h14H,1-10H2,(H,13,15)(H,16,17);10H,1-9H2;1-3H2. The Hall–Kier alpha value is -2.32. The Bertz CT molecular complexity index is 631. The van der Waals surface area contributed by atoms with Crippen molar-refractivity contribution in [3.63, 3.8) is 0 Å². The summed E-state index contributed by atoms with van der Waals surface area (Å²) in [5.74, 6) is -2.28. The largest absolute Gasteiger partial charge is 0.480 e. The zero-order valence-electron chi connectivity index (χ0n) is 24.2. The fourth-order valence-electron chi connectivity index (χ4n) is 2.45. The Kier molecular flexibility index (Phi) is 34.7. The van der Waals surface area contributed by atoms with E-state index in [4.69, 9.17) is 49.5 Å². The van der Waals surface area contributed by atoms with Crippen LogP contribution in [0, 0.1) is 0 Å². The Labute approximate surface area is 245 Å². The van der Waals surface area contributed by atoms with E-state index in [2.05, 4.69) is 14.8 Å².